The normalized spacial score (nSPS) is 13.6. The van der Waals surface area contributed by atoms with Gasteiger partial charge in [0.15, 0.2) is 0 Å². The SMILES string of the molecule is C=C/C=C(\C=C/C)Cn1c(C)c(CO)c(C(C)C)c1SC/C(Cl)=C\C=C(\Cl)C=C. The van der Waals surface area contributed by atoms with Crippen LogP contribution in [0.1, 0.15) is 43.5 Å². The Hall–Kier alpha value is -1.39. The molecule has 1 rings (SSSR count). The van der Waals surface area contributed by atoms with E-state index in [0.717, 1.165) is 21.9 Å². The predicted octanol–water partition coefficient (Wildman–Crippen LogP) is 7.62. The van der Waals surface area contributed by atoms with Crippen molar-refractivity contribution in [3.05, 3.63) is 88.1 Å². The van der Waals surface area contributed by atoms with Crippen molar-refractivity contribution in [2.45, 2.75) is 51.8 Å². The summed E-state index contributed by atoms with van der Waals surface area (Å²) in [6, 6.07) is 0. The Morgan fingerprint density at radius 3 is 2.41 bits per heavy atom. The minimum Gasteiger partial charge on any atom is -0.392 e. The van der Waals surface area contributed by atoms with Crippen LogP contribution < -0.4 is 0 Å². The van der Waals surface area contributed by atoms with E-state index >= 15 is 0 Å². The summed E-state index contributed by atoms with van der Waals surface area (Å²) < 4.78 is 2.26. The van der Waals surface area contributed by atoms with Gasteiger partial charge in [0, 0.05) is 33.6 Å². The van der Waals surface area contributed by atoms with Crippen molar-refractivity contribution in [3.8, 4) is 0 Å². The highest BCUT2D eigenvalue weighted by atomic mass is 35.5. The number of halogens is 2. The average Bonchev–Trinajstić information content (AvgIpc) is 2.96. The lowest BCUT2D eigenvalue weighted by Crippen LogP contribution is -2.05. The van der Waals surface area contributed by atoms with Crippen LogP contribution in [0.25, 0.3) is 0 Å². The topological polar surface area (TPSA) is 25.2 Å². The molecule has 0 aliphatic rings. The van der Waals surface area contributed by atoms with E-state index in [2.05, 4.69) is 44.6 Å². The molecule has 1 N–H and O–H groups in total. The number of allylic oxidation sites excluding steroid dienone is 9. The molecule has 1 aromatic heterocycles. The van der Waals surface area contributed by atoms with Gasteiger partial charge >= 0.3 is 0 Å². The average molecular weight is 452 g/mol. The standard InChI is InChI=1S/C24H31Cl2NOS/c1-7-10-19(11-8-2)14-27-18(6)22(15-28)23(17(4)5)24(27)29-16-21(26)13-12-20(25)9-3/h7-13,17,28H,1,3,14-16H2,2,4-6H3/b11-8-,19-10+,20-12+,21-13+. The van der Waals surface area contributed by atoms with E-state index in [9.17, 15) is 5.11 Å². The molecule has 0 saturated carbocycles. The van der Waals surface area contributed by atoms with Gasteiger partial charge in [0.2, 0.25) is 0 Å². The zero-order valence-corrected chi connectivity index (χ0v) is 20.0. The molecule has 0 aromatic carbocycles. The quantitative estimate of drug-likeness (QED) is 0.276. The first-order valence-corrected chi connectivity index (χ1v) is 11.3. The molecule has 1 aromatic rings. The second-order valence-corrected chi connectivity index (χ2v) is 8.70. The third kappa shape index (κ3) is 7.42. The summed E-state index contributed by atoms with van der Waals surface area (Å²) in [5, 5.41) is 12.4. The molecule has 0 unspecified atom stereocenters. The van der Waals surface area contributed by atoms with Crippen molar-refractivity contribution >= 4 is 35.0 Å². The van der Waals surface area contributed by atoms with Crippen molar-refractivity contribution in [1.29, 1.82) is 0 Å². The Kier molecular flexibility index (Phi) is 11.5. The van der Waals surface area contributed by atoms with Crippen molar-refractivity contribution in [2.75, 3.05) is 5.75 Å². The summed E-state index contributed by atoms with van der Waals surface area (Å²) in [4.78, 5) is 0. The van der Waals surface area contributed by atoms with Crippen molar-refractivity contribution in [1.82, 2.24) is 4.57 Å². The number of aliphatic hydroxyl groups excluding tert-OH is 1. The van der Waals surface area contributed by atoms with Gasteiger partial charge in [-0.25, -0.2) is 0 Å². The number of rotatable bonds is 11. The highest BCUT2D eigenvalue weighted by Crippen LogP contribution is 2.38. The van der Waals surface area contributed by atoms with Crippen LogP contribution in [0, 0.1) is 6.92 Å². The van der Waals surface area contributed by atoms with E-state index in [0.29, 0.717) is 22.4 Å². The molecule has 0 spiro atoms. The van der Waals surface area contributed by atoms with Gasteiger partial charge in [-0.1, -0.05) is 80.6 Å². The van der Waals surface area contributed by atoms with E-state index in [-0.39, 0.29) is 12.5 Å². The Labute approximate surface area is 190 Å². The number of hydrogen-bond acceptors (Lipinski definition) is 2. The largest absolute Gasteiger partial charge is 0.392 e. The first-order chi connectivity index (χ1) is 13.8. The molecule has 29 heavy (non-hydrogen) atoms. The zero-order chi connectivity index (χ0) is 22.0. The van der Waals surface area contributed by atoms with Crippen LogP contribution in [0.15, 0.2) is 76.4 Å². The van der Waals surface area contributed by atoms with E-state index in [1.165, 1.54) is 5.56 Å². The zero-order valence-electron chi connectivity index (χ0n) is 17.7. The lowest BCUT2D eigenvalue weighted by molar-refractivity contribution is 0.279. The fourth-order valence-corrected chi connectivity index (χ4v) is 4.59. The highest BCUT2D eigenvalue weighted by molar-refractivity contribution is 7.99. The van der Waals surface area contributed by atoms with Gasteiger partial charge < -0.3 is 9.67 Å². The van der Waals surface area contributed by atoms with Crippen LogP contribution in [-0.2, 0) is 13.2 Å². The molecule has 5 heteroatoms. The highest BCUT2D eigenvalue weighted by Gasteiger charge is 2.22. The molecule has 0 radical (unpaired) electrons. The number of aromatic nitrogens is 1. The Balaban J connectivity index is 3.39. The summed E-state index contributed by atoms with van der Waals surface area (Å²) in [7, 11) is 0. The van der Waals surface area contributed by atoms with Crippen molar-refractivity contribution in [3.63, 3.8) is 0 Å². The molecule has 0 saturated heterocycles. The molecular weight excluding hydrogens is 421 g/mol. The summed E-state index contributed by atoms with van der Waals surface area (Å²) in [6.45, 7) is 16.5. The fourth-order valence-electron chi connectivity index (χ4n) is 3.06. The summed E-state index contributed by atoms with van der Waals surface area (Å²) in [5.41, 5.74) is 4.39. The number of hydrogen-bond donors (Lipinski definition) is 1. The van der Waals surface area contributed by atoms with Crippen LogP contribution in [0.2, 0.25) is 0 Å². The first kappa shape index (κ1) is 25.6. The molecule has 0 aliphatic carbocycles. The third-order valence-corrected chi connectivity index (χ3v) is 6.26. The van der Waals surface area contributed by atoms with Crippen LogP contribution in [0.5, 0.6) is 0 Å². The molecule has 0 aliphatic heterocycles. The van der Waals surface area contributed by atoms with Gasteiger partial charge in [-0.2, -0.15) is 0 Å². The predicted molar refractivity (Wildman–Crippen MR) is 131 cm³/mol. The van der Waals surface area contributed by atoms with Gasteiger partial charge in [0.05, 0.1) is 11.6 Å². The van der Waals surface area contributed by atoms with E-state index in [1.54, 1.807) is 36.1 Å². The fraction of sp³-hybridized carbons (Fsp3) is 0.333. The van der Waals surface area contributed by atoms with Crippen molar-refractivity contribution < 1.29 is 5.11 Å². The molecule has 0 atom stereocenters. The lowest BCUT2D eigenvalue weighted by atomic mass is 10.0. The molecule has 0 bridgehead atoms. The second kappa shape index (κ2) is 13.0. The third-order valence-electron chi connectivity index (χ3n) is 4.40. The van der Waals surface area contributed by atoms with E-state index in [4.69, 9.17) is 23.2 Å². The Morgan fingerprint density at radius 2 is 1.90 bits per heavy atom. The molecule has 0 amide bonds. The number of nitrogens with zero attached hydrogens (tertiary/aromatic N) is 1. The summed E-state index contributed by atoms with van der Waals surface area (Å²) in [6.07, 6.45) is 13.0. The van der Waals surface area contributed by atoms with Crippen LogP contribution >= 0.6 is 35.0 Å². The molecule has 1 heterocycles. The maximum absolute atomic E-state index is 10.0. The summed E-state index contributed by atoms with van der Waals surface area (Å²) in [5.74, 6) is 0.892. The molecule has 158 valence electrons. The van der Waals surface area contributed by atoms with Gasteiger partial charge in [-0.15, -0.1) is 11.8 Å². The molecule has 0 fully saturated rings. The number of thioether (sulfide) groups is 1. The smallest absolute Gasteiger partial charge is 0.0795 e. The van der Waals surface area contributed by atoms with Gasteiger partial charge in [-0.05, 0) is 43.1 Å². The first-order valence-electron chi connectivity index (χ1n) is 9.54. The van der Waals surface area contributed by atoms with E-state index in [1.807, 2.05) is 19.1 Å². The summed E-state index contributed by atoms with van der Waals surface area (Å²) >= 11 is 14.0. The van der Waals surface area contributed by atoms with Crippen LogP contribution in [-0.4, -0.2) is 15.4 Å². The van der Waals surface area contributed by atoms with Gasteiger partial charge in [0.1, 0.15) is 0 Å². The van der Waals surface area contributed by atoms with Crippen LogP contribution in [0.3, 0.4) is 0 Å². The minimum absolute atomic E-state index is 0.0191. The molecule has 2 nitrogen and oxygen atoms in total. The maximum Gasteiger partial charge on any atom is 0.0795 e. The van der Waals surface area contributed by atoms with Gasteiger partial charge in [-0.3, -0.25) is 0 Å². The van der Waals surface area contributed by atoms with Crippen molar-refractivity contribution in [2.24, 2.45) is 0 Å². The van der Waals surface area contributed by atoms with Crippen LogP contribution in [0.4, 0.5) is 0 Å². The molecular formula is C24H31Cl2NOS. The Morgan fingerprint density at radius 1 is 1.21 bits per heavy atom. The lowest BCUT2D eigenvalue weighted by Gasteiger charge is -2.15. The minimum atomic E-state index is 0.0191. The monoisotopic (exact) mass is 451 g/mol. The second-order valence-electron chi connectivity index (χ2n) is 6.82. The van der Waals surface area contributed by atoms with E-state index < -0.39 is 0 Å². The maximum atomic E-state index is 10.0. The Bertz CT molecular complexity index is 842. The number of aliphatic hydroxyl groups is 1. The van der Waals surface area contributed by atoms with Gasteiger partial charge in [0.25, 0.3) is 0 Å².